The SMILES string of the molecule is NCC(F)(F)c1cc(C(F)(F)F)ccc1Cl. The molecule has 0 aliphatic carbocycles. The van der Waals surface area contributed by atoms with E-state index in [4.69, 9.17) is 17.3 Å². The standard InChI is InChI=1S/C9H7ClF5N/c10-7-2-1-5(9(13,14)15)3-6(7)8(11,12)4-16/h1-3H,4,16H2. The molecule has 1 nitrogen and oxygen atoms in total. The summed E-state index contributed by atoms with van der Waals surface area (Å²) in [6.07, 6.45) is -4.69. The minimum absolute atomic E-state index is 0.315. The van der Waals surface area contributed by atoms with Gasteiger partial charge >= 0.3 is 6.18 Å². The van der Waals surface area contributed by atoms with E-state index in [1.807, 2.05) is 0 Å². The zero-order valence-corrected chi connectivity index (χ0v) is 8.54. The van der Waals surface area contributed by atoms with E-state index < -0.39 is 34.8 Å². The molecule has 0 amide bonds. The Morgan fingerprint density at radius 2 is 1.69 bits per heavy atom. The molecule has 7 heteroatoms. The van der Waals surface area contributed by atoms with Crippen LogP contribution in [0.25, 0.3) is 0 Å². The number of halogens is 6. The van der Waals surface area contributed by atoms with Crippen LogP contribution in [0.4, 0.5) is 22.0 Å². The van der Waals surface area contributed by atoms with Gasteiger partial charge in [-0.1, -0.05) is 11.6 Å². The summed E-state index contributed by atoms with van der Waals surface area (Å²) in [5, 5.41) is -0.441. The summed E-state index contributed by atoms with van der Waals surface area (Å²) in [7, 11) is 0. The maximum Gasteiger partial charge on any atom is 0.416 e. The van der Waals surface area contributed by atoms with Gasteiger partial charge in [0.1, 0.15) is 0 Å². The number of rotatable bonds is 2. The van der Waals surface area contributed by atoms with Gasteiger partial charge in [-0.15, -0.1) is 0 Å². The quantitative estimate of drug-likeness (QED) is 0.810. The lowest BCUT2D eigenvalue weighted by Gasteiger charge is -2.17. The largest absolute Gasteiger partial charge is 0.416 e. The molecule has 0 fully saturated rings. The molecule has 1 aromatic rings. The number of alkyl halides is 5. The first kappa shape index (κ1) is 13.2. The molecule has 0 saturated carbocycles. The maximum atomic E-state index is 13.1. The predicted molar refractivity (Wildman–Crippen MR) is 49.4 cm³/mol. The van der Waals surface area contributed by atoms with Gasteiger partial charge in [-0.2, -0.15) is 22.0 Å². The first-order valence-electron chi connectivity index (χ1n) is 4.13. The van der Waals surface area contributed by atoms with Crippen molar-refractivity contribution in [2.75, 3.05) is 6.54 Å². The molecule has 0 radical (unpaired) electrons. The molecule has 0 unspecified atom stereocenters. The van der Waals surface area contributed by atoms with E-state index in [1.54, 1.807) is 0 Å². The third-order valence-corrected chi connectivity index (χ3v) is 2.27. The second-order valence-corrected chi connectivity index (χ2v) is 3.51. The Balaban J connectivity index is 3.30. The predicted octanol–water partition coefficient (Wildman–Crippen LogP) is 3.41. The topological polar surface area (TPSA) is 26.0 Å². The van der Waals surface area contributed by atoms with Gasteiger partial charge < -0.3 is 5.73 Å². The molecule has 1 rings (SSSR count). The van der Waals surface area contributed by atoms with Crippen LogP contribution in [0.2, 0.25) is 5.02 Å². The van der Waals surface area contributed by atoms with Crippen LogP contribution >= 0.6 is 11.6 Å². The summed E-state index contributed by atoms with van der Waals surface area (Å²) in [6.45, 7) is -1.10. The van der Waals surface area contributed by atoms with Crippen LogP contribution in [0.1, 0.15) is 11.1 Å². The molecule has 2 N–H and O–H groups in total. The van der Waals surface area contributed by atoms with Crippen molar-refractivity contribution in [2.45, 2.75) is 12.1 Å². The highest BCUT2D eigenvalue weighted by molar-refractivity contribution is 6.31. The molecule has 0 spiro atoms. The highest BCUT2D eigenvalue weighted by Gasteiger charge is 2.36. The van der Waals surface area contributed by atoms with E-state index >= 15 is 0 Å². The summed E-state index contributed by atoms with van der Waals surface area (Å²) < 4.78 is 63.1. The van der Waals surface area contributed by atoms with E-state index in [1.165, 1.54) is 0 Å². The second-order valence-electron chi connectivity index (χ2n) is 3.10. The molecule has 90 valence electrons. The third kappa shape index (κ3) is 2.62. The lowest BCUT2D eigenvalue weighted by Crippen LogP contribution is -2.26. The van der Waals surface area contributed by atoms with Gasteiger partial charge in [0.2, 0.25) is 0 Å². The highest BCUT2D eigenvalue weighted by Crippen LogP contribution is 2.37. The summed E-state index contributed by atoms with van der Waals surface area (Å²) in [6, 6.07) is 1.73. The highest BCUT2D eigenvalue weighted by atomic mass is 35.5. The summed E-state index contributed by atoms with van der Waals surface area (Å²) in [5.41, 5.74) is 2.69. The molecule has 0 aliphatic heterocycles. The molecule has 0 saturated heterocycles. The molecular formula is C9H7ClF5N. The van der Waals surface area contributed by atoms with Crippen LogP contribution in [0.3, 0.4) is 0 Å². The van der Waals surface area contributed by atoms with Crippen molar-refractivity contribution in [3.05, 3.63) is 34.3 Å². The Morgan fingerprint density at radius 3 is 2.12 bits per heavy atom. The van der Waals surface area contributed by atoms with Crippen LogP contribution < -0.4 is 5.73 Å². The van der Waals surface area contributed by atoms with E-state index in [2.05, 4.69) is 0 Å². The van der Waals surface area contributed by atoms with E-state index in [9.17, 15) is 22.0 Å². The average Bonchev–Trinajstić information content (AvgIpc) is 2.16. The van der Waals surface area contributed by atoms with Crippen molar-refractivity contribution in [1.29, 1.82) is 0 Å². The lowest BCUT2D eigenvalue weighted by atomic mass is 10.0. The van der Waals surface area contributed by atoms with Crippen LogP contribution in [0.5, 0.6) is 0 Å². The maximum absolute atomic E-state index is 13.1. The Hall–Kier alpha value is -0.880. The van der Waals surface area contributed by atoms with Gasteiger partial charge in [0.05, 0.1) is 12.1 Å². The molecule has 1 aromatic carbocycles. The smallest absolute Gasteiger partial charge is 0.325 e. The van der Waals surface area contributed by atoms with Gasteiger partial charge in [-0.05, 0) is 18.2 Å². The van der Waals surface area contributed by atoms with Crippen LogP contribution in [0.15, 0.2) is 18.2 Å². The fraction of sp³-hybridized carbons (Fsp3) is 0.333. The number of nitrogens with two attached hydrogens (primary N) is 1. The van der Waals surface area contributed by atoms with Gasteiger partial charge in [-0.25, -0.2) is 0 Å². The van der Waals surface area contributed by atoms with Crippen LogP contribution in [0, 0.1) is 0 Å². The summed E-state index contributed by atoms with van der Waals surface area (Å²) in [4.78, 5) is 0. The second kappa shape index (κ2) is 4.18. The van der Waals surface area contributed by atoms with Crippen LogP contribution in [-0.4, -0.2) is 6.54 Å². The minimum atomic E-state index is -4.69. The number of hydrogen-bond acceptors (Lipinski definition) is 1. The van der Waals surface area contributed by atoms with Crippen molar-refractivity contribution in [1.82, 2.24) is 0 Å². The fourth-order valence-electron chi connectivity index (χ4n) is 1.09. The summed E-state index contributed by atoms with van der Waals surface area (Å²) in [5.74, 6) is -3.57. The monoisotopic (exact) mass is 259 g/mol. The Kier molecular flexibility index (Phi) is 3.44. The van der Waals surface area contributed by atoms with Gasteiger partial charge in [0, 0.05) is 10.6 Å². The van der Waals surface area contributed by atoms with Gasteiger partial charge in [0.25, 0.3) is 5.92 Å². The van der Waals surface area contributed by atoms with Crippen molar-refractivity contribution < 1.29 is 22.0 Å². The van der Waals surface area contributed by atoms with Gasteiger partial charge in [0.15, 0.2) is 0 Å². The first-order chi connectivity index (χ1) is 7.18. The van der Waals surface area contributed by atoms with Crippen molar-refractivity contribution >= 4 is 11.6 Å². The zero-order chi connectivity index (χ0) is 12.6. The van der Waals surface area contributed by atoms with Crippen molar-refractivity contribution in [3.8, 4) is 0 Å². The normalized spacial score (nSPS) is 12.9. The summed E-state index contributed by atoms with van der Waals surface area (Å²) >= 11 is 5.41. The molecule has 0 bridgehead atoms. The molecular weight excluding hydrogens is 253 g/mol. The Labute approximate surface area is 93.0 Å². The van der Waals surface area contributed by atoms with Crippen molar-refractivity contribution in [2.24, 2.45) is 5.73 Å². The van der Waals surface area contributed by atoms with E-state index in [0.29, 0.717) is 12.1 Å². The number of hydrogen-bond donors (Lipinski definition) is 1. The van der Waals surface area contributed by atoms with Crippen molar-refractivity contribution in [3.63, 3.8) is 0 Å². The lowest BCUT2D eigenvalue weighted by molar-refractivity contribution is -0.137. The molecule has 16 heavy (non-hydrogen) atoms. The average molecular weight is 260 g/mol. The fourth-order valence-corrected chi connectivity index (χ4v) is 1.35. The van der Waals surface area contributed by atoms with E-state index in [-0.39, 0.29) is 0 Å². The zero-order valence-electron chi connectivity index (χ0n) is 7.78. The Morgan fingerprint density at radius 1 is 1.12 bits per heavy atom. The van der Waals surface area contributed by atoms with Crippen LogP contribution in [-0.2, 0) is 12.1 Å². The third-order valence-electron chi connectivity index (χ3n) is 1.94. The minimum Gasteiger partial charge on any atom is -0.325 e. The molecule has 0 heterocycles. The first-order valence-corrected chi connectivity index (χ1v) is 4.51. The molecule has 0 aromatic heterocycles. The number of benzene rings is 1. The van der Waals surface area contributed by atoms with E-state index in [0.717, 1.165) is 6.07 Å². The van der Waals surface area contributed by atoms with Gasteiger partial charge in [-0.3, -0.25) is 0 Å². The Bertz CT molecular complexity index is 388. The molecule has 0 atom stereocenters. The molecule has 0 aliphatic rings.